The Bertz CT molecular complexity index is 639. The Hall–Kier alpha value is -0.276. The normalized spacial score (nSPS) is 9.14. The van der Waals surface area contributed by atoms with Crippen molar-refractivity contribution in [2.45, 2.75) is 0 Å². The molecule has 0 spiro atoms. The van der Waals surface area contributed by atoms with Gasteiger partial charge in [-0.3, -0.25) is 0 Å². The zero-order valence-electron chi connectivity index (χ0n) is 10.7. The van der Waals surface area contributed by atoms with Crippen molar-refractivity contribution in [3.05, 3.63) is 70.7 Å². The van der Waals surface area contributed by atoms with Crippen LogP contribution in [0, 0.1) is 0 Å². The van der Waals surface area contributed by atoms with Gasteiger partial charge in [-0.15, -0.1) is 0 Å². The fourth-order valence-corrected chi connectivity index (χ4v) is 2.15. The Morgan fingerprint density at radius 1 is 0.857 bits per heavy atom. The summed E-state index contributed by atoms with van der Waals surface area (Å²) in [4.78, 5) is 0. The van der Waals surface area contributed by atoms with Crippen molar-refractivity contribution < 1.29 is 22.1 Å². The first kappa shape index (κ1) is 18.8. The van der Waals surface area contributed by atoms with E-state index in [1.165, 1.54) is 0 Å². The molecule has 0 atom stereocenters. The monoisotopic (exact) mass is 395 g/mol. The molecular weight excluding hydrogens is 386 g/mol. The SMILES string of the molecule is Oc1c(Cl)cc(Cl)c2ccccc12.[Cl][Ti][Cl].c1cc[cH-]c1. The number of rotatable bonds is 0. The van der Waals surface area contributed by atoms with Gasteiger partial charge in [-0.2, -0.15) is 18.2 Å². The minimum Gasteiger partial charge on any atom is -0.214 e. The minimum atomic E-state index is -0.556. The second-order valence-corrected chi connectivity index (χ2v) is 7.16. The summed E-state index contributed by atoms with van der Waals surface area (Å²) >= 11 is 11.1. The van der Waals surface area contributed by atoms with Gasteiger partial charge in [-0.05, 0) is 6.07 Å². The van der Waals surface area contributed by atoms with E-state index in [0.717, 1.165) is 5.39 Å². The van der Waals surface area contributed by atoms with E-state index in [-0.39, 0.29) is 10.8 Å². The number of benzene rings is 2. The van der Waals surface area contributed by atoms with Crippen LogP contribution in [0.1, 0.15) is 0 Å². The number of aromatic hydroxyl groups is 1. The molecule has 110 valence electrons. The van der Waals surface area contributed by atoms with Crippen LogP contribution in [-0.2, 0) is 17.0 Å². The number of hydrogen-bond donors (Lipinski definition) is 1. The van der Waals surface area contributed by atoms with E-state index in [2.05, 4.69) is 0 Å². The number of hydrogen-bond acceptors (Lipinski definition) is 1. The van der Waals surface area contributed by atoms with Gasteiger partial charge in [0.25, 0.3) is 0 Å². The molecule has 0 amide bonds. The molecule has 0 aliphatic heterocycles. The molecule has 6 heteroatoms. The molecule has 21 heavy (non-hydrogen) atoms. The third kappa shape index (κ3) is 6.16. The number of halogens is 4. The van der Waals surface area contributed by atoms with E-state index in [4.69, 9.17) is 41.8 Å². The molecule has 0 saturated carbocycles. The van der Waals surface area contributed by atoms with E-state index in [0.29, 0.717) is 10.4 Å². The molecule has 0 radical (unpaired) electrons. The summed E-state index contributed by atoms with van der Waals surface area (Å²) in [5.41, 5.74) is 0. The molecular formula is C15H11Cl4OTi-. The topological polar surface area (TPSA) is 20.2 Å². The smallest absolute Gasteiger partial charge is 0.172 e. The molecule has 0 aromatic heterocycles. The zero-order valence-corrected chi connectivity index (χ0v) is 15.3. The summed E-state index contributed by atoms with van der Waals surface area (Å²) in [6, 6.07) is 18.9. The molecule has 3 rings (SSSR count). The molecule has 0 bridgehead atoms. The van der Waals surface area contributed by atoms with Crippen molar-refractivity contribution in [1.29, 1.82) is 0 Å². The van der Waals surface area contributed by atoms with Crippen LogP contribution in [0.5, 0.6) is 5.75 Å². The summed E-state index contributed by atoms with van der Waals surface area (Å²) in [5.74, 6) is 0.0849. The Labute approximate surface area is 150 Å². The van der Waals surface area contributed by atoms with Gasteiger partial charge in [0.15, 0.2) is 0 Å². The fourth-order valence-electron chi connectivity index (χ4n) is 1.60. The molecule has 3 aromatic carbocycles. The summed E-state index contributed by atoms with van der Waals surface area (Å²) in [7, 11) is 9.78. The second-order valence-electron chi connectivity index (χ2n) is 3.77. The van der Waals surface area contributed by atoms with Crippen LogP contribution < -0.4 is 0 Å². The largest absolute Gasteiger partial charge is 0.214 e. The molecule has 1 N–H and O–H groups in total. The molecule has 0 fully saturated rings. The zero-order chi connectivity index (χ0) is 15.7. The Balaban J connectivity index is 0.000000228. The van der Waals surface area contributed by atoms with Gasteiger partial charge in [0.05, 0.1) is 10.0 Å². The molecule has 1 nitrogen and oxygen atoms in total. The first-order valence-electron chi connectivity index (χ1n) is 5.80. The molecule has 0 heterocycles. The average Bonchev–Trinajstić information content (AvgIpc) is 3.05. The van der Waals surface area contributed by atoms with Gasteiger partial charge in [-0.1, -0.05) is 47.5 Å². The van der Waals surface area contributed by atoms with Crippen LogP contribution in [0.25, 0.3) is 10.8 Å². The predicted molar refractivity (Wildman–Crippen MR) is 89.4 cm³/mol. The van der Waals surface area contributed by atoms with Gasteiger partial charge in [0.1, 0.15) is 5.75 Å². The van der Waals surface area contributed by atoms with Crippen molar-refractivity contribution in [1.82, 2.24) is 0 Å². The van der Waals surface area contributed by atoms with E-state index in [1.54, 1.807) is 12.1 Å². The Morgan fingerprint density at radius 3 is 1.86 bits per heavy atom. The van der Waals surface area contributed by atoms with Crippen LogP contribution in [0.15, 0.2) is 60.7 Å². The second kappa shape index (κ2) is 10.5. The molecule has 3 aromatic rings. The van der Waals surface area contributed by atoms with Gasteiger partial charge < -0.3 is 5.11 Å². The maximum atomic E-state index is 9.59. The van der Waals surface area contributed by atoms with E-state index in [1.807, 2.05) is 48.5 Å². The molecule has 0 aliphatic rings. The number of phenolic OH excluding ortho intramolecular Hbond substituents is 1. The molecule has 0 saturated heterocycles. The molecule has 0 unspecified atom stereocenters. The first-order chi connectivity index (χ1) is 10.1. The summed E-state index contributed by atoms with van der Waals surface area (Å²) in [5, 5.41) is 11.9. The number of phenols is 1. The Kier molecular flexibility index (Phi) is 9.34. The average molecular weight is 397 g/mol. The van der Waals surface area contributed by atoms with Crippen LogP contribution >= 0.6 is 41.8 Å². The van der Waals surface area contributed by atoms with Gasteiger partial charge in [0, 0.05) is 10.8 Å². The van der Waals surface area contributed by atoms with Crippen molar-refractivity contribution in [3.8, 4) is 5.75 Å². The van der Waals surface area contributed by atoms with Gasteiger partial charge in [0.2, 0.25) is 0 Å². The van der Waals surface area contributed by atoms with Crippen LogP contribution in [-0.4, -0.2) is 5.11 Å². The van der Waals surface area contributed by atoms with Crippen LogP contribution in [0.3, 0.4) is 0 Å². The van der Waals surface area contributed by atoms with Crippen LogP contribution in [0.2, 0.25) is 10.0 Å². The fraction of sp³-hybridized carbons (Fsp3) is 0. The third-order valence-electron chi connectivity index (χ3n) is 2.47. The first-order valence-corrected chi connectivity index (χ1v) is 10.9. The summed E-state index contributed by atoms with van der Waals surface area (Å²) in [6.07, 6.45) is 0. The van der Waals surface area contributed by atoms with Gasteiger partial charge in [-0.25, -0.2) is 12.1 Å². The number of fused-ring (bicyclic) bond motifs is 1. The standard InChI is InChI=1S/C10H6Cl2O.C5H5.2ClH.Ti/c11-8-5-9(12)10(13)7-4-2-1-3-6(7)8;1-2-4-5-3-1;;;/h1-5,13H;1-5H;2*1H;/q;-1;;;+2/p-2. The maximum Gasteiger partial charge on any atom is -0.172 e. The molecule has 0 aliphatic carbocycles. The van der Waals surface area contributed by atoms with Crippen LogP contribution in [0.4, 0.5) is 0 Å². The van der Waals surface area contributed by atoms with Crippen molar-refractivity contribution in [2.24, 2.45) is 0 Å². The van der Waals surface area contributed by atoms with Crippen molar-refractivity contribution in [3.63, 3.8) is 0 Å². The van der Waals surface area contributed by atoms with Crippen molar-refractivity contribution in [2.75, 3.05) is 0 Å². The summed E-state index contributed by atoms with van der Waals surface area (Å²) < 4.78 is 0. The quantitative estimate of drug-likeness (QED) is 0.334. The Morgan fingerprint density at radius 2 is 1.38 bits per heavy atom. The van der Waals surface area contributed by atoms with E-state index in [9.17, 15) is 5.11 Å². The predicted octanol–water partition coefficient (Wildman–Crippen LogP) is 6.63. The van der Waals surface area contributed by atoms with E-state index >= 15 is 0 Å². The minimum absolute atomic E-state index is 0.0849. The maximum absolute atomic E-state index is 9.59. The third-order valence-corrected chi connectivity index (χ3v) is 3.08. The van der Waals surface area contributed by atoms with E-state index < -0.39 is 17.0 Å². The van der Waals surface area contributed by atoms with Gasteiger partial charge >= 0.3 is 35.6 Å². The summed E-state index contributed by atoms with van der Waals surface area (Å²) in [6.45, 7) is 0. The van der Waals surface area contributed by atoms with Crippen molar-refractivity contribution >= 4 is 52.6 Å².